The number of unbranched alkanes of at least 4 members (excludes halogenated alkanes) is 12. The van der Waals surface area contributed by atoms with Gasteiger partial charge in [-0.1, -0.05) is 287 Å². The van der Waals surface area contributed by atoms with Crippen LogP contribution in [0.5, 0.6) is 0 Å². The summed E-state index contributed by atoms with van der Waals surface area (Å²) in [7, 11) is 0. The highest BCUT2D eigenvalue weighted by atomic mass is 16.1. The number of nitrogens with zero attached hydrogens (tertiary/aromatic N) is 3. The van der Waals surface area contributed by atoms with Crippen molar-refractivity contribution in [3.05, 3.63) is 296 Å². The van der Waals surface area contributed by atoms with E-state index in [9.17, 15) is 4.79 Å². The van der Waals surface area contributed by atoms with Gasteiger partial charge in [-0.15, -0.1) is 0 Å². The predicted octanol–water partition coefficient (Wildman–Crippen LogP) is 26.4. The Morgan fingerprint density at radius 3 is 0.724 bits per heavy atom. The quantitative estimate of drug-likeness (QED) is 0.0247. The maximum Gasteiger partial charge on any atom is 0.150 e. The van der Waals surface area contributed by atoms with Crippen LogP contribution in [0, 0.1) is 11.3 Å². The molecule has 0 unspecified atom stereocenters. The van der Waals surface area contributed by atoms with Gasteiger partial charge in [0.15, 0.2) is 0 Å². The summed E-state index contributed by atoms with van der Waals surface area (Å²) in [5.74, 6) is 0. The van der Waals surface area contributed by atoms with Crippen molar-refractivity contribution in [2.45, 2.75) is 156 Å². The zero-order valence-electron chi connectivity index (χ0n) is 58.4. The first kappa shape index (κ1) is 69.3. The van der Waals surface area contributed by atoms with Crippen LogP contribution in [-0.4, -0.2) is 15.4 Å². The molecule has 0 amide bonds. The lowest BCUT2D eigenvalue weighted by molar-refractivity contribution is 0.112. The van der Waals surface area contributed by atoms with Gasteiger partial charge in [0.05, 0.1) is 33.7 Å². The average molecular weight is 1280 g/mol. The second-order valence-corrected chi connectivity index (χ2v) is 26.7. The zero-order chi connectivity index (χ0) is 67.7. The largest absolute Gasteiger partial charge is 0.309 e. The molecule has 12 aromatic rings. The maximum atomic E-state index is 10.9. The van der Waals surface area contributed by atoms with E-state index < -0.39 is 0 Å². The molecule has 0 aliphatic carbocycles. The Hall–Kier alpha value is -10.1. The van der Waals surface area contributed by atoms with Gasteiger partial charge in [0.2, 0.25) is 0 Å². The molecule has 0 saturated heterocycles. The highest BCUT2D eigenvalue weighted by Gasteiger charge is 2.16. The van der Waals surface area contributed by atoms with E-state index in [4.69, 9.17) is 5.26 Å². The number of aldehydes is 1. The molecule has 0 bridgehead atoms. The van der Waals surface area contributed by atoms with E-state index in [1.165, 1.54) is 191 Å². The van der Waals surface area contributed by atoms with E-state index in [2.05, 4.69) is 261 Å². The predicted molar refractivity (Wildman–Crippen MR) is 425 cm³/mol. The maximum absolute atomic E-state index is 10.9. The Balaban J connectivity index is 0.000000198. The van der Waals surface area contributed by atoms with Crippen LogP contribution in [-0.2, 0) is 25.7 Å². The minimum atomic E-state index is 0.679. The van der Waals surface area contributed by atoms with Gasteiger partial charge in [-0.2, -0.15) is 5.26 Å². The Labute approximate surface area is 584 Å². The molecule has 0 atom stereocenters. The number of aryl methyl sites for hydroxylation is 4. The van der Waals surface area contributed by atoms with E-state index in [0.717, 1.165) is 65.4 Å². The van der Waals surface area contributed by atoms with Crippen LogP contribution in [0.25, 0.3) is 104 Å². The Kier molecular flexibility index (Phi) is 25.3. The van der Waals surface area contributed by atoms with Crippen molar-refractivity contribution in [1.29, 1.82) is 5.26 Å². The van der Waals surface area contributed by atoms with Crippen molar-refractivity contribution in [3.8, 4) is 17.4 Å². The van der Waals surface area contributed by atoms with Crippen molar-refractivity contribution in [2.24, 2.45) is 0 Å². The first-order valence-electron chi connectivity index (χ1n) is 36.6. The van der Waals surface area contributed by atoms with Crippen LogP contribution in [0.3, 0.4) is 0 Å². The molecule has 0 N–H and O–H groups in total. The van der Waals surface area contributed by atoms with Gasteiger partial charge in [-0.25, -0.2) is 0 Å². The van der Waals surface area contributed by atoms with Gasteiger partial charge in [0.25, 0.3) is 0 Å². The lowest BCUT2D eigenvalue weighted by Crippen LogP contribution is -1.94. The lowest BCUT2D eigenvalue weighted by Gasteiger charge is -2.09. The van der Waals surface area contributed by atoms with Crippen molar-refractivity contribution in [1.82, 2.24) is 9.13 Å². The third kappa shape index (κ3) is 18.7. The topological polar surface area (TPSA) is 50.7 Å². The van der Waals surface area contributed by atoms with Crippen molar-refractivity contribution in [2.75, 3.05) is 0 Å². The van der Waals surface area contributed by atoms with Crippen LogP contribution in [0.4, 0.5) is 0 Å². The minimum absolute atomic E-state index is 0.679. The number of fused-ring (bicyclic) bond motifs is 6. The van der Waals surface area contributed by atoms with Gasteiger partial charge in [0.1, 0.15) is 6.29 Å². The lowest BCUT2D eigenvalue weighted by atomic mass is 10.0. The Morgan fingerprint density at radius 1 is 0.276 bits per heavy atom. The molecular weight excluding hydrogens is 1190 g/mol. The summed E-state index contributed by atoms with van der Waals surface area (Å²) in [6, 6.07) is 81.1. The normalized spacial score (nSPS) is 11.7. The summed E-state index contributed by atoms with van der Waals surface area (Å²) in [5, 5.41) is 14.5. The number of hydrogen-bond acceptors (Lipinski definition) is 2. The first-order valence-corrected chi connectivity index (χ1v) is 36.6. The third-order valence-corrected chi connectivity index (χ3v) is 19.2. The number of nitriles is 1. The number of carbonyl (C=O) groups is 1. The van der Waals surface area contributed by atoms with Gasteiger partial charge in [-0.3, -0.25) is 4.79 Å². The molecule has 0 radical (unpaired) electrons. The Morgan fingerprint density at radius 2 is 0.500 bits per heavy atom. The van der Waals surface area contributed by atoms with E-state index in [0.29, 0.717) is 11.1 Å². The molecule has 0 saturated carbocycles. The molecule has 2 heterocycles. The number of carbonyl (C=O) groups excluding carboxylic acids is 1. The van der Waals surface area contributed by atoms with Crippen LogP contribution >= 0.6 is 0 Å². The molecule has 2 aromatic heterocycles. The van der Waals surface area contributed by atoms with E-state index in [-0.39, 0.29) is 0 Å². The molecule has 4 heteroatoms. The molecule has 0 aliphatic rings. The summed E-state index contributed by atoms with van der Waals surface area (Å²) in [6.07, 6.45) is 43.2. The molecular formula is C94H97N3O. The molecule has 10 aromatic carbocycles. The first-order chi connectivity index (χ1) is 48.3. The fourth-order valence-electron chi connectivity index (χ4n) is 13.5. The summed E-state index contributed by atoms with van der Waals surface area (Å²) in [6.45, 7) is 9.12. The summed E-state index contributed by atoms with van der Waals surface area (Å²) >= 11 is 0. The molecule has 4 nitrogen and oxygen atoms in total. The van der Waals surface area contributed by atoms with Crippen LogP contribution < -0.4 is 0 Å². The second-order valence-electron chi connectivity index (χ2n) is 26.7. The van der Waals surface area contributed by atoms with Gasteiger partial charge in [-0.05, 0) is 203 Å². The zero-order valence-corrected chi connectivity index (χ0v) is 58.4. The fraction of sp³-hybridized carbons (Fsp3) is 0.255. The standard InChI is InChI=1S/C47H48N2.C47H49NO/c1-3-5-7-9-11-40-27-31-46-44(33-40)45-34-41(12-10-8-6-4-2)28-32-47(45)49(46)43-29-25-39(26-30-43)20-19-37-15-13-36(14-16-37)17-18-38-21-23-42(35-48)24-22-38;1-3-5-7-9-11-40-27-31-46-44(33-40)45-34-41(12-10-8-6-4-2)28-32-47(45)48(46)43-29-25-39(26-30-43)20-19-37-15-13-36(14-16-37)17-18-38-21-23-42(35-49)24-22-38/h13-34H,3-12H2,1-2H3;13-35H,3-12H2,1-2H3/b2*18-17+,20-19+. The molecule has 0 aliphatic heterocycles. The SMILES string of the molecule is CCCCCCc1ccc2c(c1)c1cc(CCCCCC)ccc1n2-c1ccc(/C=C/c2ccc(/C=C/c3ccc(C#N)cc3)cc2)cc1.CCCCCCc1ccc2c(c1)c1cc(CCCCCC)ccc1n2-c1ccc(/C=C/c2ccc(/C=C/c3ccc(C=O)cc3)cc2)cc1. The molecule has 494 valence electrons. The van der Waals surface area contributed by atoms with Crippen LogP contribution in [0.2, 0.25) is 0 Å². The molecule has 12 rings (SSSR count). The summed E-state index contributed by atoms with van der Waals surface area (Å²) in [4.78, 5) is 10.9. The van der Waals surface area contributed by atoms with Crippen molar-refractivity contribution in [3.63, 3.8) is 0 Å². The summed E-state index contributed by atoms with van der Waals surface area (Å²) in [5.41, 5.74) is 23.8. The smallest absolute Gasteiger partial charge is 0.150 e. The molecule has 0 fully saturated rings. The Bertz CT molecular complexity index is 4560. The molecule has 98 heavy (non-hydrogen) atoms. The van der Waals surface area contributed by atoms with E-state index in [1.54, 1.807) is 0 Å². The minimum Gasteiger partial charge on any atom is -0.309 e. The highest BCUT2D eigenvalue weighted by Crippen LogP contribution is 2.37. The van der Waals surface area contributed by atoms with Gasteiger partial charge < -0.3 is 9.13 Å². The number of rotatable bonds is 31. The third-order valence-electron chi connectivity index (χ3n) is 19.2. The number of hydrogen-bond donors (Lipinski definition) is 0. The average Bonchev–Trinajstić information content (AvgIpc) is 1.60. The van der Waals surface area contributed by atoms with Crippen molar-refractivity contribution >= 4 is 98.5 Å². The van der Waals surface area contributed by atoms with E-state index in [1.807, 2.05) is 48.5 Å². The second kappa shape index (κ2) is 35.8. The van der Waals surface area contributed by atoms with Crippen LogP contribution in [0.15, 0.2) is 218 Å². The van der Waals surface area contributed by atoms with Gasteiger partial charge in [0, 0.05) is 38.5 Å². The monoisotopic (exact) mass is 1280 g/mol. The van der Waals surface area contributed by atoms with Crippen molar-refractivity contribution < 1.29 is 4.79 Å². The summed E-state index contributed by atoms with van der Waals surface area (Å²) < 4.78 is 4.90. The van der Waals surface area contributed by atoms with E-state index >= 15 is 0 Å². The highest BCUT2D eigenvalue weighted by molar-refractivity contribution is 6.11. The van der Waals surface area contributed by atoms with Crippen LogP contribution in [0.1, 0.15) is 213 Å². The fourth-order valence-corrected chi connectivity index (χ4v) is 13.5. The number of benzene rings is 10. The molecule has 0 spiro atoms. The van der Waals surface area contributed by atoms with Gasteiger partial charge >= 0.3 is 0 Å². The number of aromatic nitrogens is 2.